The maximum atomic E-state index is 6.80. The summed E-state index contributed by atoms with van der Waals surface area (Å²) in [6, 6.07) is 65.6. The molecule has 5 nitrogen and oxygen atoms in total. The average Bonchev–Trinajstić information content (AvgIpc) is 3.77. The van der Waals surface area contributed by atoms with E-state index in [1.54, 1.807) is 0 Å². The zero-order valence-corrected chi connectivity index (χ0v) is 33.1. The SMILES string of the molecule is CC1(C)c2ccccc2-c2c1ccc1c2Oc2cccc(-c3cccc(-c4cc(-c5ccccc5)nc(-c5ccc(-n6c7ccccc7c7ccccc76)cc5)n4)c3)c2O1. The van der Waals surface area contributed by atoms with Crippen molar-refractivity contribution in [2.75, 3.05) is 0 Å². The molecule has 0 N–H and O–H groups in total. The summed E-state index contributed by atoms with van der Waals surface area (Å²) >= 11 is 0. The monoisotopic (exact) mass is 771 g/mol. The van der Waals surface area contributed by atoms with Gasteiger partial charge < -0.3 is 14.0 Å². The number of ether oxygens (including phenoxy) is 2. The first-order valence-electron chi connectivity index (χ1n) is 20.4. The topological polar surface area (TPSA) is 49.2 Å². The van der Waals surface area contributed by atoms with Crippen molar-refractivity contribution in [2.45, 2.75) is 19.3 Å². The van der Waals surface area contributed by atoms with Crippen LogP contribution in [0.4, 0.5) is 0 Å². The van der Waals surface area contributed by atoms with E-state index in [0.29, 0.717) is 17.3 Å². The highest BCUT2D eigenvalue weighted by Crippen LogP contribution is 2.59. The Kier molecular flexibility index (Phi) is 7.51. The molecule has 0 amide bonds. The molecule has 5 heteroatoms. The van der Waals surface area contributed by atoms with Crippen molar-refractivity contribution >= 4 is 21.8 Å². The van der Waals surface area contributed by atoms with Crippen LogP contribution in [-0.4, -0.2) is 14.5 Å². The molecule has 284 valence electrons. The van der Waals surface area contributed by atoms with Gasteiger partial charge in [0.15, 0.2) is 28.8 Å². The molecule has 0 bridgehead atoms. The fourth-order valence-electron chi connectivity index (χ4n) is 9.36. The van der Waals surface area contributed by atoms with Gasteiger partial charge in [-0.25, -0.2) is 9.97 Å². The molecule has 0 atom stereocenters. The predicted octanol–water partition coefficient (Wildman–Crippen LogP) is 14.4. The Morgan fingerprint density at radius 1 is 0.433 bits per heavy atom. The largest absolute Gasteiger partial charge is 0.449 e. The third-order valence-corrected chi connectivity index (χ3v) is 12.3. The van der Waals surface area contributed by atoms with E-state index in [-0.39, 0.29) is 5.41 Å². The Hall–Kier alpha value is -7.76. The van der Waals surface area contributed by atoms with E-state index in [4.69, 9.17) is 19.4 Å². The second-order valence-corrected chi connectivity index (χ2v) is 16.1. The number of hydrogen-bond donors (Lipinski definition) is 0. The van der Waals surface area contributed by atoms with Crippen LogP contribution in [-0.2, 0) is 5.41 Å². The molecular formula is C55H37N3O2. The molecule has 2 aromatic heterocycles. The highest BCUT2D eigenvalue weighted by molar-refractivity contribution is 6.09. The fraction of sp³-hybridized carbons (Fsp3) is 0.0545. The van der Waals surface area contributed by atoms with Crippen LogP contribution in [0.1, 0.15) is 25.0 Å². The van der Waals surface area contributed by atoms with E-state index in [2.05, 4.69) is 176 Å². The number of nitrogens with zero attached hydrogens (tertiary/aromatic N) is 3. The maximum Gasteiger partial charge on any atom is 0.178 e. The van der Waals surface area contributed by atoms with Gasteiger partial charge in [-0.3, -0.25) is 0 Å². The molecular weight excluding hydrogens is 735 g/mol. The first-order valence-corrected chi connectivity index (χ1v) is 20.4. The summed E-state index contributed by atoms with van der Waals surface area (Å²) in [4.78, 5) is 10.4. The van der Waals surface area contributed by atoms with Crippen LogP contribution in [0.5, 0.6) is 23.0 Å². The molecule has 2 aliphatic rings. The van der Waals surface area contributed by atoms with Crippen LogP contribution in [0.15, 0.2) is 188 Å². The summed E-state index contributed by atoms with van der Waals surface area (Å²) in [7, 11) is 0. The van der Waals surface area contributed by atoms with E-state index in [1.165, 1.54) is 38.5 Å². The highest BCUT2D eigenvalue weighted by atomic mass is 16.6. The zero-order chi connectivity index (χ0) is 40.0. The van der Waals surface area contributed by atoms with Gasteiger partial charge in [0.25, 0.3) is 0 Å². The minimum Gasteiger partial charge on any atom is -0.449 e. The molecule has 60 heavy (non-hydrogen) atoms. The summed E-state index contributed by atoms with van der Waals surface area (Å²) in [6.45, 7) is 4.56. The van der Waals surface area contributed by atoms with Crippen molar-refractivity contribution in [3.63, 3.8) is 0 Å². The number of para-hydroxylation sites is 3. The summed E-state index contributed by atoms with van der Waals surface area (Å²) in [5.41, 5.74) is 14.7. The van der Waals surface area contributed by atoms with E-state index < -0.39 is 0 Å². The first-order chi connectivity index (χ1) is 29.5. The fourth-order valence-corrected chi connectivity index (χ4v) is 9.36. The van der Waals surface area contributed by atoms with Crippen molar-refractivity contribution in [3.05, 3.63) is 199 Å². The lowest BCUT2D eigenvalue weighted by Gasteiger charge is -2.26. The van der Waals surface area contributed by atoms with Crippen molar-refractivity contribution in [3.8, 4) is 84.8 Å². The predicted molar refractivity (Wildman–Crippen MR) is 242 cm³/mol. The van der Waals surface area contributed by atoms with E-state index >= 15 is 0 Å². The highest BCUT2D eigenvalue weighted by Gasteiger charge is 2.39. The van der Waals surface area contributed by atoms with Crippen LogP contribution < -0.4 is 9.47 Å². The van der Waals surface area contributed by atoms with Gasteiger partial charge in [0.1, 0.15) is 0 Å². The minimum atomic E-state index is -0.134. The second-order valence-electron chi connectivity index (χ2n) is 16.1. The van der Waals surface area contributed by atoms with E-state index in [1.807, 2.05) is 30.3 Å². The van der Waals surface area contributed by atoms with Gasteiger partial charge in [0.05, 0.1) is 22.4 Å². The third-order valence-electron chi connectivity index (χ3n) is 12.3. The second kappa shape index (κ2) is 13.1. The van der Waals surface area contributed by atoms with Gasteiger partial charge in [-0.15, -0.1) is 0 Å². The van der Waals surface area contributed by atoms with Crippen molar-refractivity contribution in [1.29, 1.82) is 0 Å². The molecule has 3 heterocycles. The van der Waals surface area contributed by atoms with Crippen molar-refractivity contribution in [2.24, 2.45) is 0 Å². The Labute approximate surface area is 347 Å². The number of aromatic nitrogens is 3. The van der Waals surface area contributed by atoms with Gasteiger partial charge in [-0.05, 0) is 82.9 Å². The Bertz CT molecular complexity index is 3290. The summed E-state index contributed by atoms with van der Waals surface area (Å²) in [5.74, 6) is 3.54. The normalized spacial score (nSPS) is 13.2. The molecule has 10 aromatic rings. The van der Waals surface area contributed by atoms with Gasteiger partial charge in [0.2, 0.25) is 0 Å². The molecule has 0 spiro atoms. The molecule has 0 fully saturated rings. The van der Waals surface area contributed by atoms with Crippen LogP contribution in [0.3, 0.4) is 0 Å². The quantitative estimate of drug-likeness (QED) is 0.175. The number of rotatable bonds is 5. The summed E-state index contributed by atoms with van der Waals surface area (Å²) in [6.07, 6.45) is 0. The molecule has 0 unspecified atom stereocenters. The van der Waals surface area contributed by atoms with Crippen molar-refractivity contribution < 1.29 is 9.47 Å². The van der Waals surface area contributed by atoms with Crippen LogP contribution in [0.2, 0.25) is 0 Å². The lowest BCUT2D eigenvalue weighted by atomic mass is 9.82. The average molecular weight is 772 g/mol. The smallest absolute Gasteiger partial charge is 0.178 e. The molecule has 1 aliphatic heterocycles. The molecule has 0 saturated carbocycles. The maximum absolute atomic E-state index is 6.80. The first kappa shape index (κ1) is 34.3. The zero-order valence-electron chi connectivity index (χ0n) is 33.1. The standard InChI is InChI=1S/C55H37N3O2/c1-55(2)43-22-9-6-20-42(43)51-44(55)30-31-50-53(51)60-49-25-13-21-39(52(49)59-50)36-16-12-17-37(32-36)46-33-45(34-14-4-3-5-15-34)56-54(57-46)35-26-28-38(29-27-35)58-47-23-10-7-18-40(47)41-19-8-11-24-48(41)58/h3-33H,1-2H3. The third kappa shape index (κ3) is 5.26. The van der Waals surface area contributed by atoms with E-state index in [0.717, 1.165) is 62.0 Å². The summed E-state index contributed by atoms with van der Waals surface area (Å²) in [5, 5.41) is 2.47. The lowest BCUT2D eigenvalue weighted by Crippen LogP contribution is -2.15. The van der Waals surface area contributed by atoms with E-state index in [9.17, 15) is 0 Å². The van der Waals surface area contributed by atoms with Gasteiger partial charge in [-0.1, -0.05) is 141 Å². The van der Waals surface area contributed by atoms with Gasteiger partial charge >= 0.3 is 0 Å². The lowest BCUT2D eigenvalue weighted by molar-refractivity contribution is 0.361. The van der Waals surface area contributed by atoms with Crippen LogP contribution in [0.25, 0.3) is 83.6 Å². The molecule has 12 rings (SSSR count). The molecule has 1 aliphatic carbocycles. The number of benzene rings is 8. The van der Waals surface area contributed by atoms with Crippen LogP contribution >= 0.6 is 0 Å². The molecule has 8 aromatic carbocycles. The number of fused-ring (bicyclic) bond motifs is 9. The van der Waals surface area contributed by atoms with Crippen molar-refractivity contribution in [1.82, 2.24) is 14.5 Å². The Balaban J connectivity index is 0.931. The van der Waals surface area contributed by atoms with Gasteiger partial charge in [0, 0.05) is 49.7 Å². The minimum absolute atomic E-state index is 0.134. The number of hydrogen-bond acceptors (Lipinski definition) is 4. The Morgan fingerprint density at radius 2 is 1.03 bits per heavy atom. The van der Waals surface area contributed by atoms with Crippen LogP contribution in [0, 0.1) is 0 Å². The Morgan fingerprint density at radius 3 is 1.82 bits per heavy atom. The summed E-state index contributed by atoms with van der Waals surface area (Å²) < 4.78 is 15.9. The van der Waals surface area contributed by atoms with Gasteiger partial charge in [-0.2, -0.15) is 0 Å². The molecule has 0 radical (unpaired) electrons. The molecule has 0 saturated heterocycles.